The minimum atomic E-state index is -0.199. The van der Waals surface area contributed by atoms with Gasteiger partial charge in [-0.15, -0.1) is 22.7 Å². The van der Waals surface area contributed by atoms with E-state index in [9.17, 15) is 9.59 Å². The summed E-state index contributed by atoms with van der Waals surface area (Å²) in [5, 5.41) is 2.91. The molecule has 2 aromatic heterocycles. The molecule has 5 aromatic rings. The number of benzene rings is 3. The van der Waals surface area contributed by atoms with Crippen LogP contribution in [0.1, 0.15) is 25.6 Å². The Morgan fingerprint density at radius 1 is 0.733 bits per heavy atom. The number of thiophene rings is 1. The van der Waals surface area contributed by atoms with Gasteiger partial charge in [-0.2, -0.15) is 0 Å². The molecule has 0 saturated heterocycles. The van der Waals surface area contributed by atoms with Crippen LogP contribution in [-0.2, 0) is 0 Å². The van der Waals surface area contributed by atoms with E-state index in [1.807, 2.05) is 72.8 Å². The summed E-state index contributed by atoms with van der Waals surface area (Å²) in [6, 6.07) is 23.5. The van der Waals surface area contributed by atoms with Crippen LogP contribution in [0.5, 0.6) is 0 Å². The van der Waals surface area contributed by atoms with E-state index < -0.39 is 0 Å². The molecule has 5 heteroatoms. The Morgan fingerprint density at radius 2 is 1.37 bits per heavy atom. The summed E-state index contributed by atoms with van der Waals surface area (Å²) >= 11 is 3.12. The van der Waals surface area contributed by atoms with Gasteiger partial charge < -0.3 is 0 Å². The van der Waals surface area contributed by atoms with Gasteiger partial charge in [-0.1, -0.05) is 54.6 Å². The Morgan fingerprint density at radius 3 is 2.00 bits per heavy atom. The molecule has 0 bridgehead atoms. The fraction of sp³-hybridized carbons (Fsp3) is 0. The number of aromatic nitrogens is 1. The van der Waals surface area contributed by atoms with Crippen LogP contribution in [0.4, 0.5) is 0 Å². The number of ketones is 2. The number of allylic oxidation sites excluding steroid dienone is 1. The van der Waals surface area contributed by atoms with Crippen molar-refractivity contribution >= 4 is 60.6 Å². The van der Waals surface area contributed by atoms with Crippen LogP contribution < -0.4 is 0 Å². The second-order valence-corrected chi connectivity index (χ2v) is 9.26. The van der Waals surface area contributed by atoms with E-state index in [4.69, 9.17) is 4.98 Å². The van der Waals surface area contributed by atoms with E-state index in [1.54, 1.807) is 17.4 Å². The average Bonchev–Trinajstić information content (AvgIpc) is 3.41. The molecule has 0 atom stereocenters. The number of nitrogens with zero attached hydrogens (tertiary/aromatic N) is 1. The van der Waals surface area contributed by atoms with Crippen molar-refractivity contribution in [3.05, 3.63) is 94.4 Å². The molecule has 0 radical (unpaired) electrons. The topological polar surface area (TPSA) is 47.0 Å². The summed E-state index contributed by atoms with van der Waals surface area (Å²) < 4.78 is 1.06. The standard InChI is InChI=1S/C25H13NO2S2/c27-22-18-10-15-8-4-5-9-16(15)11-19(18)23(28)20(22)12-17-13-21-25(29-17)26-24(30-21)14-6-2-1-3-7-14/h1-13H. The maximum Gasteiger partial charge on any atom is 0.197 e. The van der Waals surface area contributed by atoms with Crippen LogP contribution in [0.15, 0.2) is 78.4 Å². The summed E-state index contributed by atoms with van der Waals surface area (Å²) in [7, 11) is 0. The quantitative estimate of drug-likeness (QED) is 0.236. The Bertz CT molecular complexity index is 1440. The molecule has 0 fully saturated rings. The first kappa shape index (κ1) is 17.4. The lowest BCUT2D eigenvalue weighted by atomic mass is 10.0. The fourth-order valence-corrected chi connectivity index (χ4v) is 5.98. The Kier molecular flexibility index (Phi) is 3.81. The molecule has 0 unspecified atom stereocenters. The van der Waals surface area contributed by atoms with Crippen LogP contribution in [-0.4, -0.2) is 16.6 Å². The van der Waals surface area contributed by atoms with Gasteiger partial charge in [0.05, 0.1) is 10.3 Å². The van der Waals surface area contributed by atoms with Crippen molar-refractivity contribution < 1.29 is 9.59 Å². The summed E-state index contributed by atoms with van der Waals surface area (Å²) in [6.45, 7) is 0. The van der Waals surface area contributed by atoms with E-state index in [0.717, 1.165) is 35.8 Å². The molecular formula is C25H13NO2S2. The van der Waals surface area contributed by atoms with Crippen molar-refractivity contribution in [2.75, 3.05) is 0 Å². The highest BCUT2D eigenvalue weighted by Gasteiger charge is 2.33. The van der Waals surface area contributed by atoms with Crippen LogP contribution in [0.25, 0.3) is 36.9 Å². The fourth-order valence-electron chi connectivity index (χ4n) is 3.81. The first-order valence-electron chi connectivity index (χ1n) is 9.47. The van der Waals surface area contributed by atoms with Gasteiger partial charge >= 0.3 is 0 Å². The molecule has 0 amide bonds. The SMILES string of the molecule is O=C1C(=Cc2cc3sc(-c4ccccc4)nc3s2)C(=O)c2cc3ccccc3cc21. The summed E-state index contributed by atoms with van der Waals surface area (Å²) in [6.07, 6.45) is 1.72. The minimum absolute atomic E-state index is 0.199. The molecule has 3 aromatic carbocycles. The van der Waals surface area contributed by atoms with Crippen molar-refractivity contribution in [1.29, 1.82) is 0 Å². The van der Waals surface area contributed by atoms with Gasteiger partial charge in [0, 0.05) is 21.6 Å². The third-order valence-electron chi connectivity index (χ3n) is 5.28. The monoisotopic (exact) mass is 423 g/mol. The average molecular weight is 424 g/mol. The highest BCUT2D eigenvalue weighted by Crippen LogP contribution is 2.37. The van der Waals surface area contributed by atoms with Crippen molar-refractivity contribution in [3.63, 3.8) is 0 Å². The molecule has 1 aliphatic carbocycles. The molecule has 30 heavy (non-hydrogen) atoms. The third-order valence-corrected chi connectivity index (χ3v) is 7.44. The molecular weight excluding hydrogens is 410 g/mol. The highest BCUT2D eigenvalue weighted by molar-refractivity contribution is 7.29. The molecule has 1 aliphatic rings. The molecule has 6 rings (SSSR count). The molecule has 0 aliphatic heterocycles. The number of thiazole rings is 1. The van der Waals surface area contributed by atoms with E-state index >= 15 is 0 Å². The minimum Gasteiger partial charge on any atom is -0.288 e. The largest absolute Gasteiger partial charge is 0.288 e. The molecule has 3 nitrogen and oxygen atoms in total. The highest BCUT2D eigenvalue weighted by atomic mass is 32.1. The van der Waals surface area contributed by atoms with Crippen molar-refractivity contribution in [2.24, 2.45) is 0 Å². The van der Waals surface area contributed by atoms with E-state index in [2.05, 4.69) is 0 Å². The van der Waals surface area contributed by atoms with Gasteiger partial charge in [-0.3, -0.25) is 9.59 Å². The number of fused-ring (bicyclic) bond motifs is 3. The first-order valence-corrected chi connectivity index (χ1v) is 11.1. The molecule has 142 valence electrons. The zero-order chi connectivity index (χ0) is 20.2. The zero-order valence-corrected chi connectivity index (χ0v) is 17.2. The van der Waals surface area contributed by atoms with Crippen LogP contribution >= 0.6 is 22.7 Å². The van der Waals surface area contributed by atoms with Gasteiger partial charge in [0.25, 0.3) is 0 Å². The van der Waals surface area contributed by atoms with E-state index in [-0.39, 0.29) is 17.1 Å². The number of rotatable bonds is 2. The summed E-state index contributed by atoms with van der Waals surface area (Å²) in [4.78, 5) is 32.4. The predicted molar refractivity (Wildman–Crippen MR) is 124 cm³/mol. The smallest absolute Gasteiger partial charge is 0.197 e. The molecule has 0 spiro atoms. The van der Waals surface area contributed by atoms with Gasteiger partial charge in [0.1, 0.15) is 9.84 Å². The predicted octanol–water partition coefficient (Wildman–Crippen LogP) is 6.64. The Labute approximate surface area is 179 Å². The van der Waals surface area contributed by atoms with Crippen molar-refractivity contribution in [1.82, 2.24) is 4.98 Å². The maximum atomic E-state index is 13.0. The van der Waals surface area contributed by atoms with Crippen molar-refractivity contribution in [2.45, 2.75) is 0 Å². The van der Waals surface area contributed by atoms with E-state index in [0.29, 0.717) is 11.1 Å². The lowest BCUT2D eigenvalue weighted by Crippen LogP contribution is -1.99. The normalized spacial score (nSPS) is 13.4. The van der Waals surface area contributed by atoms with Gasteiger partial charge in [-0.05, 0) is 35.0 Å². The Hall–Kier alpha value is -3.41. The second kappa shape index (κ2) is 6.55. The second-order valence-electron chi connectivity index (χ2n) is 7.16. The zero-order valence-electron chi connectivity index (χ0n) is 15.6. The van der Waals surface area contributed by atoms with Crippen molar-refractivity contribution in [3.8, 4) is 10.6 Å². The lowest BCUT2D eigenvalue weighted by Gasteiger charge is -2.00. The van der Waals surface area contributed by atoms with Gasteiger partial charge in [0.2, 0.25) is 0 Å². The first-order chi connectivity index (χ1) is 14.7. The number of Topliss-reactive ketones (excluding diaryl/α,β-unsaturated/α-hetero) is 2. The molecule has 0 saturated carbocycles. The van der Waals surface area contributed by atoms with Crippen LogP contribution in [0.3, 0.4) is 0 Å². The number of hydrogen-bond acceptors (Lipinski definition) is 5. The van der Waals surface area contributed by atoms with Gasteiger partial charge in [-0.25, -0.2) is 4.98 Å². The van der Waals surface area contributed by atoms with Crippen LogP contribution in [0.2, 0.25) is 0 Å². The summed E-state index contributed by atoms with van der Waals surface area (Å²) in [5.74, 6) is -0.397. The third kappa shape index (κ3) is 2.67. The lowest BCUT2D eigenvalue weighted by molar-refractivity contribution is 0.0990. The molecule has 0 N–H and O–H groups in total. The number of carbonyl (C=O) groups excluding carboxylic acids is 2. The maximum absolute atomic E-state index is 13.0. The summed E-state index contributed by atoms with van der Waals surface area (Å²) in [5.41, 5.74) is 2.31. The van der Waals surface area contributed by atoms with Gasteiger partial charge in [0.15, 0.2) is 11.6 Å². The number of hydrogen-bond donors (Lipinski definition) is 0. The van der Waals surface area contributed by atoms with Crippen LogP contribution in [0, 0.1) is 0 Å². The molecule has 2 heterocycles. The number of carbonyl (C=O) groups is 2. The van der Waals surface area contributed by atoms with E-state index in [1.165, 1.54) is 11.3 Å². The Balaban J connectivity index is 1.39.